The highest BCUT2D eigenvalue weighted by Crippen LogP contribution is 2.38. The number of carbonyl (C=O) groups excluding carboxylic acids is 7. The van der Waals surface area contributed by atoms with Crippen LogP contribution in [-0.2, 0) is 66.2 Å². The van der Waals surface area contributed by atoms with Crippen molar-refractivity contribution in [2.45, 2.75) is 242 Å². The predicted octanol–water partition coefficient (Wildman–Crippen LogP) is 6.97. The van der Waals surface area contributed by atoms with Crippen molar-refractivity contribution in [2.75, 3.05) is 27.2 Å². The van der Waals surface area contributed by atoms with Crippen molar-refractivity contribution in [1.82, 2.24) is 82.3 Å². The quantitative estimate of drug-likeness (QED) is 0.0190. The Morgan fingerprint density at radius 1 is 0.541 bits per heavy atom. The summed E-state index contributed by atoms with van der Waals surface area (Å²) in [5.41, 5.74) is 4.43. The molecule has 7 amide bonds. The number of fused-ring (bicyclic) bond motifs is 2. The summed E-state index contributed by atoms with van der Waals surface area (Å²) in [4.78, 5) is 102. The fourth-order valence-corrected chi connectivity index (χ4v) is 16.0. The molecule has 23 nitrogen and oxygen atoms in total. The van der Waals surface area contributed by atoms with E-state index in [4.69, 9.17) is 0 Å². The van der Waals surface area contributed by atoms with E-state index >= 15 is 0 Å². The largest absolute Gasteiger partial charge is 0.356 e. The number of benzene rings is 3. The summed E-state index contributed by atoms with van der Waals surface area (Å²) >= 11 is 0. The number of likely N-dealkylation sites (N-methyl/N-ethyl adjacent to an activating group) is 2. The van der Waals surface area contributed by atoms with Crippen LogP contribution >= 0.6 is 0 Å². The molecule has 3 aromatic carbocycles. The van der Waals surface area contributed by atoms with Crippen LogP contribution in [0.2, 0.25) is 0 Å². The molecule has 4 saturated heterocycles. The summed E-state index contributed by atoms with van der Waals surface area (Å²) in [7, 11) is 3.48. The number of aryl methyl sites for hydroxylation is 3. The van der Waals surface area contributed by atoms with E-state index in [1.807, 2.05) is 114 Å². The summed E-state index contributed by atoms with van der Waals surface area (Å²) in [6.07, 6.45) is 23.3. The molecule has 0 spiro atoms. The van der Waals surface area contributed by atoms with Crippen molar-refractivity contribution < 1.29 is 33.6 Å². The maximum Gasteiger partial charge on any atom is 0.246 e. The molecule has 0 bridgehead atoms. The summed E-state index contributed by atoms with van der Waals surface area (Å²) in [5.74, 6) is -0.517. The molecule has 5 aromatic rings. The van der Waals surface area contributed by atoms with E-state index in [1.165, 1.54) is 44.1 Å². The highest BCUT2D eigenvalue weighted by molar-refractivity contribution is 5.95. The fraction of sp³-hybridized carbons (Fsp3) is 0.613. The Morgan fingerprint density at radius 3 is 1.62 bits per heavy atom. The first-order valence-electron chi connectivity index (χ1n) is 36.9. The van der Waals surface area contributed by atoms with Gasteiger partial charge in [0.1, 0.15) is 29.9 Å². The number of amides is 7. The monoisotopic (exact) mass is 1340 g/mol. The second kappa shape index (κ2) is 36.8. The normalized spacial score (nSPS) is 24.1. The van der Waals surface area contributed by atoms with Crippen LogP contribution in [0.4, 0.5) is 0 Å². The average molecular weight is 1350 g/mol. The first-order valence-corrected chi connectivity index (χ1v) is 36.9. The van der Waals surface area contributed by atoms with Gasteiger partial charge >= 0.3 is 0 Å². The Morgan fingerprint density at radius 2 is 1.05 bits per heavy atom. The van der Waals surface area contributed by atoms with Gasteiger partial charge in [-0.15, -0.1) is 10.2 Å². The Bertz CT molecular complexity index is 3340. The van der Waals surface area contributed by atoms with Gasteiger partial charge in [-0.25, -0.2) is 0 Å². The van der Waals surface area contributed by atoms with Gasteiger partial charge in [0.2, 0.25) is 41.4 Å². The molecule has 5 fully saturated rings. The number of unbranched alkanes of at least 4 members (excludes halogenated alkanes) is 2. The lowest BCUT2D eigenvalue weighted by Gasteiger charge is -2.33. The van der Waals surface area contributed by atoms with Crippen molar-refractivity contribution in [3.8, 4) is 0 Å². The first kappa shape index (κ1) is 72.8. The molecule has 5 aliphatic rings. The molecule has 98 heavy (non-hydrogen) atoms. The molecule has 4 aliphatic heterocycles. The minimum atomic E-state index is -0.893. The summed E-state index contributed by atoms with van der Waals surface area (Å²) in [6, 6.07) is 25.1. The molecule has 1 aliphatic carbocycles. The number of hydrogen-bond donors (Lipinski definition) is 8. The number of hydrogen-bond acceptors (Lipinski definition) is 14. The maximum atomic E-state index is 14.9. The molecule has 530 valence electrons. The van der Waals surface area contributed by atoms with Crippen molar-refractivity contribution in [3.63, 3.8) is 0 Å². The minimum absolute atomic E-state index is 0.0908. The smallest absolute Gasteiger partial charge is 0.246 e. The predicted molar refractivity (Wildman–Crippen MR) is 375 cm³/mol. The van der Waals surface area contributed by atoms with Gasteiger partial charge in [0, 0.05) is 69.8 Å². The molecule has 11 atom stereocenters. The van der Waals surface area contributed by atoms with Gasteiger partial charge in [-0.1, -0.05) is 167 Å². The number of rotatable bonds is 35. The number of nitrogens with one attached hydrogen (secondary N) is 8. The lowest BCUT2D eigenvalue weighted by Crippen LogP contribution is -2.59. The van der Waals surface area contributed by atoms with Crippen LogP contribution in [0.5, 0.6) is 0 Å². The lowest BCUT2D eigenvalue weighted by molar-refractivity contribution is -0.143. The van der Waals surface area contributed by atoms with Gasteiger partial charge in [0.15, 0.2) is 0 Å². The molecule has 6 heterocycles. The number of aromatic nitrogens is 6. The zero-order valence-electron chi connectivity index (χ0n) is 58.3. The summed E-state index contributed by atoms with van der Waals surface area (Å²) in [5, 5.41) is 43.3. The molecule has 1 saturated carbocycles. The van der Waals surface area contributed by atoms with E-state index in [-0.39, 0.29) is 78.2 Å². The van der Waals surface area contributed by atoms with Crippen LogP contribution in [-0.4, -0.2) is 157 Å². The first-order chi connectivity index (χ1) is 47.8. The molecular weight excluding hydrogens is 1240 g/mol. The number of carbonyl (C=O) groups is 7. The Kier molecular flexibility index (Phi) is 27.4. The third kappa shape index (κ3) is 19.7. The molecule has 10 rings (SSSR count). The molecule has 8 N–H and O–H groups in total. The van der Waals surface area contributed by atoms with Crippen LogP contribution < -0.4 is 42.5 Å². The Hall–Kier alpha value is -7.89. The summed E-state index contributed by atoms with van der Waals surface area (Å²) in [6.45, 7) is 7.33. The van der Waals surface area contributed by atoms with E-state index in [2.05, 4.69) is 75.3 Å². The van der Waals surface area contributed by atoms with Gasteiger partial charge in [0.25, 0.3) is 0 Å². The van der Waals surface area contributed by atoms with Crippen LogP contribution in [0.1, 0.15) is 189 Å². The van der Waals surface area contributed by atoms with Crippen LogP contribution in [0.15, 0.2) is 103 Å². The van der Waals surface area contributed by atoms with E-state index in [0.29, 0.717) is 83.1 Å². The Labute approximate surface area is 579 Å². The Balaban J connectivity index is 0.626. The van der Waals surface area contributed by atoms with Gasteiger partial charge in [-0.2, -0.15) is 0 Å². The SMILES string of the molecule is CC[C@H](NC)C(=O)N[C@@H]1C(=O)N2[C@@H](CC[C@@H]1CNC(=O)CCc1cn(CCCCC3CCC(CCCCn4cc([C@@H](NC(=O)[C@@H]5CC[C@@H]6CC[C@H](CCNCc7ccccc7)[C@H](NC(=O)[C@H](CC)NC)C(=O)N65)c5ccccc5)nn4)CC3)nn1)CC[C@H]2C(=O)NCc1ccccc1. The third-order valence-corrected chi connectivity index (χ3v) is 21.7. The average Bonchev–Trinajstić information content (AvgIpc) is 1.63. The standard InChI is InChI=1S/C75H108N16O7/c1-5-61(76-3)70(93)82-68-56(42-43-78-46-53-22-10-7-11-23-53)32-35-59-38-40-65(91(59)74(68)97)73(96)81-67(55-26-14-9-15-27-55)63-50-89(87-85-63)45-19-17-21-52-30-28-51(29-31-52)20-16-18-44-88-49-58(84-86-88)34-41-66(92)79-48-57-33-36-60-37-39-64(72(95)80-47-54-24-12-8-13-25-54)90(60)75(98)69(57)83-71(94)62(6-2)77-4/h7-15,22-27,49-52,56-57,59-62,64-65,67-69,76-78H,5-6,16-21,28-48H2,1-4H3,(H,79,92)(H,80,95)(H,81,96)(H,82,93)(H,83,94)/t51?,52?,56-,57-,59+,60+,61+,62+,64+,65+,67+,68+,69+/m1/s1. The number of nitrogens with zero attached hydrogens (tertiary/aromatic N) is 8. The third-order valence-electron chi connectivity index (χ3n) is 21.7. The van der Waals surface area contributed by atoms with E-state index < -0.39 is 42.3 Å². The zero-order valence-corrected chi connectivity index (χ0v) is 58.3. The molecule has 0 unspecified atom stereocenters. The van der Waals surface area contributed by atoms with Crippen LogP contribution in [0.25, 0.3) is 0 Å². The van der Waals surface area contributed by atoms with E-state index in [9.17, 15) is 33.6 Å². The van der Waals surface area contributed by atoms with Crippen LogP contribution in [0, 0.1) is 23.7 Å². The topological polar surface area (TPSA) is 284 Å². The van der Waals surface area contributed by atoms with Gasteiger partial charge < -0.3 is 52.3 Å². The molecule has 2 aromatic heterocycles. The van der Waals surface area contributed by atoms with Crippen molar-refractivity contribution in [3.05, 3.63) is 131 Å². The van der Waals surface area contributed by atoms with Gasteiger partial charge in [-0.3, -0.25) is 42.9 Å². The maximum absolute atomic E-state index is 14.9. The summed E-state index contributed by atoms with van der Waals surface area (Å²) < 4.78 is 3.77. The second-order valence-corrected chi connectivity index (χ2v) is 28.2. The van der Waals surface area contributed by atoms with Crippen molar-refractivity contribution >= 4 is 41.4 Å². The fourth-order valence-electron chi connectivity index (χ4n) is 16.0. The van der Waals surface area contributed by atoms with Crippen molar-refractivity contribution in [2.24, 2.45) is 23.7 Å². The second-order valence-electron chi connectivity index (χ2n) is 28.2. The zero-order chi connectivity index (χ0) is 68.8. The van der Waals surface area contributed by atoms with Gasteiger partial charge in [-0.05, 0) is 139 Å². The van der Waals surface area contributed by atoms with E-state index in [1.54, 1.807) is 23.9 Å². The highest BCUT2D eigenvalue weighted by Gasteiger charge is 2.50. The van der Waals surface area contributed by atoms with E-state index in [0.717, 1.165) is 86.7 Å². The highest BCUT2D eigenvalue weighted by atomic mass is 16.2. The van der Waals surface area contributed by atoms with Gasteiger partial charge in [0.05, 0.1) is 30.0 Å². The minimum Gasteiger partial charge on any atom is -0.356 e. The molecular formula is C75H108N16O7. The van der Waals surface area contributed by atoms with Crippen LogP contribution in [0.3, 0.4) is 0 Å². The molecule has 23 heteroatoms. The lowest BCUT2D eigenvalue weighted by atomic mass is 9.78. The molecule has 0 radical (unpaired) electrons. The van der Waals surface area contributed by atoms with Crippen molar-refractivity contribution in [1.29, 1.82) is 0 Å².